The highest BCUT2D eigenvalue weighted by Gasteiger charge is 2.66. The molecule has 0 N–H and O–H groups in total. The average Bonchev–Trinajstić information content (AvgIpc) is 3.44. The molecule has 6 atom stereocenters. The summed E-state index contributed by atoms with van der Waals surface area (Å²) in [6, 6.07) is 9.27. The Kier molecular flexibility index (Phi) is 5.96. The molecule has 200 valence electrons. The number of nitrogens with zero attached hydrogens (tertiary/aromatic N) is 2. The van der Waals surface area contributed by atoms with E-state index in [0.29, 0.717) is 17.9 Å². The maximum absolute atomic E-state index is 7.54. The first-order valence-electron chi connectivity index (χ1n) is 14.8. The molecule has 4 heterocycles. The number of allylic oxidation sites excluding steroid dienone is 1. The molecule has 2 saturated carbocycles. The lowest BCUT2D eigenvalue weighted by Crippen LogP contribution is -2.56. The minimum Gasteiger partial charge on any atom is -0.379 e. The fraction of sp³-hybridized carbons (Fsp3) is 0.559. The average molecular weight is 511 g/mol. The number of aromatic nitrogens is 1. The highest BCUT2D eigenvalue weighted by molar-refractivity contribution is 5.48. The van der Waals surface area contributed by atoms with Crippen LogP contribution >= 0.6 is 0 Å². The van der Waals surface area contributed by atoms with Crippen LogP contribution in [-0.4, -0.2) is 53.4 Å². The lowest BCUT2D eigenvalue weighted by atomic mass is 9.58. The first-order valence-corrected chi connectivity index (χ1v) is 14.8. The van der Waals surface area contributed by atoms with Crippen molar-refractivity contribution in [3.05, 3.63) is 76.0 Å². The van der Waals surface area contributed by atoms with Crippen molar-refractivity contribution in [3.8, 4) is 0 Å². The number of morpholine rings is 1. The Morgan fingerprint density at radius 1 is 1.03 bits per heavy atom. The van der Waals surface area contributed by atoms with Gasteiger partial charge in [-0.2, -0.15) is 0 Å². The predicted molar refractivity (Wildman–Crippen MR) is 152 cm³/mol. The first-order chi connectivity index (χ1) is 18.4. The van der Waals surface area contributed by atoms with Gasteiger partial charge in [0.05, 0.1) is 24.4 Å². The van der Waals surface area contributed by atoms with Gasteiger partial charge in [-0.1, -0.05) is 50.4 Å². The van der Waals surface area contributed by atoms with E-state index in [0.717, 1.165) is 56.0 Å². The van der Waals surface area contributed by atoms with Gasteiger partial charge in [0.2, 0.25) is 0 Å². The topological polar surface area (TPSA) is 34.6 Å². The van der Waals surface area contributed by atoms with Crippen LogP contribution in [0.2, 0.25) is 0 Å². The van der Waals surface area contributed by atoms with Crippen molar-refractivity contribution in [1.29, 1.82) is 0 Å². The van der Waals surface area contributed by atoms with Crippen molar-refractivity contribution >= 4 is 13.2 Å². The van der Waals surface area contributed by atoms with Crippen molar-refractivity contribution < 1.29 is 9.47 Å². The van der Waals surface area contributed by atoms with E-state index in [1.54, 1.807) is 11.8 Å². The Morgan fingerprint density at radius 2 is 1.89 bits per heavy atom. The second kappa shape index (κ2) is 9.15. The molecule has 6 aliphatic rings. The molecule has 1 aromatic heterocycles. The van der Waals surface area contributed by atoms with Gasteiger partial charge in [-0.25, -0.2) is 0 Å². The van der Waals surface area contributed by atoms with Gasteiger partial charge in [0.25, 0.3) is 0 Å². The number of hydrogen-bond donors (Lipinski definition) is 0. The molecule has 4 fully saturated rings. The zero-order valence-electron chi connectivity index (χ0n) is 23.0. The molecular formula is C34H42N2O2. The number of fused-ring (bicyclic) bond motifs is 1. The summed E-state index contributed by atoms with van der Waals surface area (Å²) in [6.07, 6.45) is 18.3. The van der Waals surface area contributed by atoms with E-state index in [9.17, 15) is 0 Å². The molecule has 4 heteroatoms. The van der Waals surface area contributed by atoms with E-state index in [2.05, 4.69) is 60.3 Å². The SMILES string of the molecule is C=c1ccncc(=C)cc([C@H]2CCC3[C@]2(C)CC=C2C=C4CC[C@@H](N5CCOCC5)C[C@]45CC[C@@]23O5)cc1. The van der Waals surface area contributed by atoms with Gasteiger partial charge in [0.15, 0.2) is 0 Å². The van der Waals surface area contributed by atoms with E-state index in [1.807, 2.05) is 12.3 Å². The summed E-state index contributed by atoms with van der Waals surface area (Å²) in [5.74, 6) is 1.01. The van der Waals surface area contributed by atoms with Gasteiger partial charge in [-0.15, -0.1) is 0 Å². The molecule has 38 heavy (non-hydrogen) atoms. The lowest BCUT2D eigenvalue weighted by molar-refractivity contribution is -0.143. The maximum atomic E-state index is 7.54. The summed E-state index contributed by atoms with van der Waals surface area (Å²) < 4.78 is 13.2. The van der Waals surface area contributed by atoms with Crippen LogP contribution in [0.3, 0.4) is 0 Å². The van der Waals surface area contributed by atoms with E-state index >= 15 is 0 Å². The maximum Gasteiger partial charge on any atom is 0.0974 e. The van der Waals surface area contributed by atoms with Crippen molar-refractivity contribution in [3.63, 3.8) is 0 Å². The van der Waals surface area contributed by atoms with Crippen LogP contribution in [0.15, 0.2) is 60.0 Å². The van der Waals surface area contributed by atoms with Gasteiger partial charge in [-0.3, -0.25) is 9.88 Å². The molecule has 3 aliphatic carbocycles. The van der Waals surface area contributed by atoms with Crippen molar-refractivity contribution in [2.24, 2.45) is 11.3 Å². The van der Waals surface area contributed by atoms with Crippen LogP contribution in [-0.2, 0) is 9.47 Å². The Hall–Kier alpha value is -2.27. The zero-order chi connectivity index (χ0) is 26.0. The number of ether oxygens (including phenoxy) is 2. The van der Waals surface area contributed by atoms with E-state index in [1.165, 1.54) is 43.2 Å². The van der Waals surface area contributed by atoms with E-state index in [4.69, 9.17) is 9.47 Å². The van der Waals surface area contributed by atoms with Crippen molar-refractivity contribution in [2.75, 3.05) is 26.3 Å². The fourth-order valence-electron chi connectivity index (χ4n) is 9.24. The minimum atomic E-state index is -0.122. The molecule has 4 nitrogen and oxygen atoms in total. The quantitative estimate of drug-likeness (QED) is 0.563. The Balaban J connectivity index is 1.24. The highest BCUT2D eigenvalue weighted by Crippen LogP contribution is 2.69. The Labute approximate surface area is 227 Å². The van der Waals surface area contributed by atoms with Gasteiger partial charge in [0, 0.05) is 31.5 Å². The standard InChI is InChI=1S/C34H42N2O2/c1-24-4-5-26(20-25(2)23-35-15-11-24)30-8-9-31-32(30,3)12-10-28-21-27-6-7-29(36-16-18-37-19-17-36)22-33(27)13-14-34(28,31)38-33/h4-5,10-11,15,20-21,23,29-31H,1-2,6-9,12-14,16-19,22H2,3H3/t29-,30-,31?,32-,33-,34-/m1/s1. The van der Waals surface area contributed by atoms with E-state index in [-0.39, 0.29) is 16.6 Å². The van der Waals surface area contributed by atoms with Crippen LogP contribution in [0.4, 0.5) is 0 Å². The molecule has 1 unspecified atom stereocenters. The normalized spacial score (nSPS) is 39.8. The third-order valence-electron chi connectivity index (χ3n) is 11.1. The van der Waals surface area contributed by atoms with Crippen LogP contribution in [0.5, 0.6) is 0 Å². The monoisotopic (exact) mass is 510 g/mol. The second-order valence-electron chi connectivity index (χ2n) is 13.0. The third kappa shape index (κ3) is 3.78. The highest BCUT2D eigenvalue weighted by atomic mass is 16.5. The summed E-state index contributed by atoms with van der Waals surface area (Å²) in [5.41, 5.74) is 4.43. The molecule has 0 amide bonds. The first kappa shape index (κ1) is 24.7. The van der Waals surface area contributed by atoms with Crippen molar-refractivity contribution in [2.45, 2.75) is 81.5 Å². The summed E-state index contributed by atoms with van der Waals surface area (Å²) in [7, 11) is 0. The molecular weight excluding hydrogens is 468 g/mol. The zero-order valence-corrected chi connectivity index (χ0v) is 23.0. The largest absolute Gasteiger partial charge is 0.379 e. The van der Waals surface area contributed by atoms with Crippen LogP contribution in [0.25, 0.3) is 13.2 Å². The molecule has 0 radical (unpaired) electrons. The van der Waals surface area contributed by atoms with Crippen LogP contribution < -0.4 is 10.4 Å². The summed E-state index contributed by atoms with van der Waals surface area (Å²) in [6.45, 7) is 14.9. The minimum absolute atomic E-state index is 0.0563. The van der Waals surface area contributed by atoms with E-state index < -0.39 is 0 Å². The van der Waals surface area contributed by atoms with Gasteiger partial charge >= 0.3 is 0 Å². The molecule has 2 spiro atoms. The molecule has 7 rings (SSSR count). The third-order valence-corrected chi connectivity index (χ3v) is 11.1. The fourth-order valence-corrected chi connectivity index (χ4v) is 9.24. The van der Waals surface area contributed by atoms with Crippen LogP contribution in [0.1, 0.15) is 69.8 Å². The smallest absolute Gasteiger partial charge is 0.0974 e. The molecule has 2 bridgehead atoms. The van der Waals surface area contributed by atoms with Gasteiger partial charge < -0.3 is 9.47 Å². The van der Waals surface area contributed by atoms with Gasteiger partial charge in [-0.05, 0) is 102 Å². The number of rotatable bonds is 2. The number of hydrogen-bond acceptors (Lipinski definition) is 4. The lowest BCUT2D eigenvalue weighted by Gasteiger charge is -2.55. The molecule has 3 aliphatic heterocycles. The molecule has 2 saturated heterocycles. The molecule has 1 aromatic rings. The summed E-state index contributed by atoms with van der Waals surface area (Å²) in [5, 5.41) is 1.93. The summed E-state index contributed by atoms with van der Waals surface area (Å²) >= 11 is 0. The predicted octanol–water partition coefficient (Wildman–Crippen LogP) is 4.97. The Bertz CT molecular complexity index is 1340. The second-order valence-corrected chi connectivity index (χ2v) is 13.0. The molecule has 0 aromatic carbocycles. The van der Waals surface area contributed by atoms with Crippen molar-refractivity contribution in [1.82, 2.24) is 9.88 Å². The summed E-state index contributed by atoms with van der Waals surface area (Å²) in [4.78, 5) is 7.08. The van der Waals surface area contributed by atoms with Crippen LogP contribution in [0, 0.1) is 11.3 Å². The Morgan fingerprint density at radius 3 is 2.76 bits per heavy atom. The van der Waals surface area contributed by atoms with Gasteiger partial charge in [0.1, 0.15) is 0 Å².